The van der Waals surface area contributed by atoms with Gasteiger partial charge in [-0.3, -0.25) is 9.59 Å². The lowest BCUT2D eigenvalue weighted by Gasteiger charge is -2.21. The van der Waals surface area contributed by atoms with E-state index in [1.165, 1.54) is 18.2 Å². The van der Waals surface area contributed by atoms with Crippen LogP contribution >= 0.6 is 0 Å². The molecule has 2 amide bonds. The largest absolute Gasteiger partial charge is 0.416 e. The van der Waals surface area contributed by atoms with Crippen LogP contribution in [0.5, 0.6) is 0 Å². The molecule has 0 fully saturated rings. The van der Waals surface area contributed by atoms with E-state index in [0.717, 1.165) is 18.2 Å². The molecule has 0 saturated heterocycles. The van der Waals surface area contributed by atoms with Crippen LogP contribution in [0, 0.1) is 0 Å². The lowest BCUT2D eigenvalue weighted by Crippen LogP contribution is -2.40. The smallest absolute Gasteiger partial charge is 0.347 e. The molecule has 0 spiro atoms. The molecule has 0 heterocycles. The molecular weight excluding hydrogens is 345 g/mol. The van der Waals surface area contributed by atoms with Gasteiger partial charge in [-0.05, 0) is 51.1 Å². The zero-order valence-corrected chi connectivity index (χ0v) is 14.6. The normalized spacial score (nSPS) is 11.8. The Labute approximate surface area is 149 Å². The van der Waals surface area contributed by atoms with Crippen molar-refractivity contribution in [2.75, 3.05) is 5.32 Å². The van der Waals surface area contributed by atoms with Crippen LogP contribution < -0.4 is 10.6 Å². The number of para-hydroxylation sites is 1. The Morgan fingerprint density at radius 1 is 0.885 bits per heavy atom. The van der Waals surface area contributed by atoms with E-state index in [-0.39, 0.29) is 16.8 Å². The van der Waals surface area contributed by atoms with Crippen molar-refractivity contribution in [1.29, 1.82) is 0 Å². The zero-order valence-electron chi connectivity index (χ0n) is 14.6. The number of amides is 2. The summed E-state index contributed by atoms with van der Waals surface area (Å²) in [5, 5.41) is 5.28. The predicted molar refractivity (Wildman–Crippen MR) is 93.1 cm³/mol. The Kier molecular flexibility index (Phi) is 5.39. The first-order chi connectivity index (χ1) is 12.0. The number of hydrogen-bond donors (Lipinski definition) is 2. The fraction of sp³-hybridized carbons (Fsp3) is 0.263. The van der Waals surface area contributed by atoms with Crippen LogP contribution in [0.25, 0.3) is 0 Å². The average Bonchev–Trinajstić information content (AvgIpc) is 2.53. The third-order valence-electron chi connectivity index (χ3n) is 3.36. The molecule has 138 valence electrons. The van der Waals surface area contributed by atoms with Gasteiger partial charge in [0.1, 0.15) is 0 Å². The van der Waals surface area contributed by atoms with Crippen LogP contribution in [0.1, 0.15) is 47.1 Å². The van der Waals surface area contributed by atoms with E-state index in [4.69, 9.17) is 0 Å². The van der Waals surface area contributed by atoms with E-state index in [0.29, 0.717) is 0 Å². The molecule has 2 aromatic carbocycles. The molecule has 2 rings (SSSR count). The molecule has 4 nitrogen and oxygen atoms in total. The minimum Gasteiger partial charge on any atom is -0.347 e. The highest BCUT2D eigenvalue weighted by atomic mass is 19.4. The number of alkyl halides is 3. The Bertz CT molecular complexity index is 824. The molecule has 2 N–H and O–H groups in total. The summed E-state index contributed by atoms with van der Waals surface area (Å²) in [6.45, 7) is 5.44. The molecule has 7 heteroatoms. The maximum Gasteiger partial charge on any atom is 0.416 e. The van der Waals surface area contributed by atoms with Crippen molar-refractivity contribution in [2.24, 2.45) is 0 Å². The van der Waals surface area contributed by atoms with Gasteiger partial charge in [-0.2, -0.15) is 13.2 Å². The van der Waals surface area contributed by atoms with Crippen molar-refractivity contribution < 1.29 is 22.8 Å². The molecule has 2 aromatic rings. The number of halogens is 3. The van der Waals surface area contributed by atoms with Crippen molar-refractivity contribution in [3.8, 4) is 0 Å². The number of carbonyl (C=O) groups excluding carboxylic acids is 2. The van der Waals surface area contributed by atoms with Crippen molar-refractivity contribution in [1.82, 2.24) is 5.32 Å². The van der Waals surface area contributed by atoms with Gasteiger partial charge in [0.05, 0.1) is 16.8 Å². The highest BCUT2D eigenvalue weighted by molar-refractivity contribution is 6.09. The van der Waals surface area contributed by atoms with Crippen molar-refractivity contribution in [3.63, 3.8) is 0 Å². The van der Waals surface area contributed by atoms with Gasteiger partial charge < -0.3 is 10.6 Å². The fourth-order valence-corrected chi connectivity index (χ4v) is 2.23. The highest BCUT2D eigenvalue weighted by Gasteiger charge is 2.31. The molecular formula is C19H19F3N2O2. The average molecular weight is 364 g/mol. The van der Waals surface area contributed by atoms with Crippen LogP contribution in [0.3, 0.4) is 0 Å². The molecule has 0 radical (unpaired) electrons. The van der Waals surface area contributed by atoms with E-state index >= 15 is 0 Å². The van der Waals surface area contributed by atoms with E-state index in [1.54, 1.807) is 12.1 Å². The second kappa shape index (κ2) is 7.19. The molecule has 0 saturated carbocycles. The SMILES string of the molecule is CC(C)(C)NC(=O)c1ccccc1NC(=O)c1cccc(C(F)(F)F)c1. The third-order valence-corrected chi connectivity index (χ3v) is 3.36. The zero-order chi connectivity index (χ0) is 19.5. The highest BCUT2D eigenvalue weighted by Crippen LogP contribution is 2.29. The molecule has 0 aromatic heterocycles. The molecule has 0 bridgehead atoms. The first kappa shape index (κ1) is 19.5. The summed E-state index contributed by atoms with van der Waals surface area (Å²) in [5.41, 5.74) is -1.09. The summed E-state index contributed by atoms with van der Waals surface area (Å²) < 4.78 is 38.4. The van der Waals surface area contributed by atoms with Crippen molar-refractivity contribution in [2.45, 2.75) is 32.5 Å². The summed E-state index contributed by atoms with van der Waals surface area (Å²) in [6, 6.07) is 10.4. The Balaban J connectivity index is 2.27. The quantitative estimate of drug-likeness (QED) is 0.843. The van der Waals surface area contributed by atoms with Gasteiger partial charge in [0, 0.05) is 11.1 Å². The van der Waals surface area contributed by atoms with E-state index in [9.17, 15) is 22.8 Å². The first-order valence-electron chi connectivity index (χ1n) is 7.87. The monoisotopic (exact) mass is 364 g/mol. The predicted octanol–water partition coefficient (Wildman–Crippen LogP) is 4.49. The Morgan fingerprint density at radius 3 is 2.15 bits per heavy atom. The molecule has 0 unspecified atom stereocenters. The van der Waals surface area contributed by atoms with E-state index in [1.807, 2.05) is 20.8 Å². The molecule has 0 atom stereocenters. The number of nitrogens with one attached hydrogen (secondary N) is 2. The first-order valence-corrected chi connectivity index (χ1v) is 7.87. The van der Waals surface area contributed by atoms with Crippen LogP contribution in [0.4, 0.5) is 18.9 Å². The molecule has 26 heavy (non-hydrogen) atoms. The van der Waals surface area contributed by atoms with Crippen molar-refractivity contribution >= 4 is 17.5 Å². The van der Waals surface area contributed by atoms with E-state index < -0.39 is 29.1 Å². The number of benzene rings is 2. The standard InChI is InChI=1S/C19H19F3N2O2/c1-18(2,3)24-17(26)14-9-4-5-10-15(14)23-16(25)12-7-6-8-13(11-12)19(20,21)22/h4-11H,1-3H3,(H,23,25)(H,24,26). The van der Waals surface area contributed by atoms with Crippen LogP contribution in [0.15, 0.2) is 48.5 Å². The summed E-state index contributed by atoms with van der Waals surface area (Å²) in [6.07, 6.45) is -4.54. The number of carbonyl (C=O) groups is 2. The van der Waals surface area contributed by atoms with Gasteiger partial charge in [-0.15, -0.1) is 0 Å². The maximum absolute atomic E-state index is 12.8. The summed E-state index contributed by atoms with van der Waals surface area (Å²) in [7, 11) is 0. The summed E-state index contributed by atoms with van der Waals surface area (Å²) >= 11 is 0. The molecule has 0 aliphatic rings. The van der Waals surface area contributed by atoms with Crippen molar-refractivity contribution in [3.05, 3.63) is 65.2 Å². The Morgan fingerprint density at radius 2 is 1.54 bits per heavy atom. The van der Waals surface area contributed by atoms with Gasteiger partial charge in [0.15, 0.2) is 0 Å². The van der Waals surface area contributed by atoms with Gasteiger partial charge in [-0.1, -0.05) is 18.2 Å². The third kappa shape index (κ3) is 5.08. The van der Waals surface area contributed by atoms with Gasteiger partial charge >= 0.3 is 6.18 Å². The summed E-state index contributed by atoms with van der Waals surface area (Å²) in [5.74, 6) is -1.12. The summed E-state index contributed by atoms with van der Waals surface area (Å²) in [4.78, 5) is 24.7. The Hall–Kier alpha value is -2.83. The van der Waals surface area contributed by atoms with E-state index in [2.05, 4.69) is 10.6 Å². The number of hydrogen-bond acceptors (Lipinski definition) is 2. The fourth-order valence-electron chi connectivity index (χ4n) is 2.23. The van der Waals surface area contributed by atoms with Crippen LogP contribution in [-0.4, -0.2) is 17.4 Å². The van der Waals surface area contributed by atoms with Crippen LogP contribution in [-0.2, 0) is 6.18 Å². The molecule has 0 aliphatic carbocycles. The minimum atomic E-state index is -4.54. The van der Waals surface area contributed by atoms with Crippen LogP contribution in [0.2, 0.25) is 0 Å². The lowest BCUT2D eigenvalue weighted by molar-refractivity contribution is -0.137. The van der Waals surface area contributed by atoms with Gasteiger partial charge in [0.2, 0.25) is 0 Å². The maximum atomic E-state index is 12.8. The van der Waals surface area contributed by atoms with Gasteiger partial charge in [0.25, 0.3) is 11.8 Å². The second-order valence-electron chi connectivity index (χ2n) is 6.78. The number of anilines is 1. The topological polar surface area (TPSA) is 58.2 Å². The molecule has 0 aliphatic heterocycles. The lowest BCUT2D eigenvalue weighted by atomic mass is 10.1. The second-order valence-corrected chi connectivity index (χ2v) is 6.78. The van der Waals surface area contributed by atoms with Gasteiger partial charge in [-0.25, -0.2) is 0 Å². The minimum absolute atomic E-state index is 0.147. The number of rotatable bonds is 3.